The molecular weight excluding hydrogens is 480 g/mol. The molecule has 9 nitrogen and oxygen atoms in total. The van der Waals surface area contributed by atoms with E-state index >= 15 is 0 Å². The largest absolute Gasteiger partial charge is 0.489 e. The molecule has 188 valence electrons. The maximum atomic E-state index is 14.0. The summed E-state index contributed by atoms with van der Waals surface area (Å²) in [6.45, 7) is 4.10. The first-order valence-electron chi connectivity index (χ1n) is 11.9. The third kappa shape index (κ3) is 3.81. The van der Waals surface area contributed by atoms with Crippen LogP contribution < -0.4 is 20.7 Å². The van der Waals surface area contributed by atoms with Crippen LogP contribution in [-0.4, -0.2) is 42.3 Å². The molecule has 0 radical (unpaired) electrons. The van der Waals surface area contributed by atoms with Crippen molar-refractivity contribution < 1.29 is 22.7 Å². The lowest BCUT2D eigenvalue weighted by atomic mass is 9.85. The van der Waals surface area contributed by atoms with Gasteiger partial charge in [-0.1, -0.05) is 18.2 Å². The summed E-state index contributed by atoms with van der Waals surface area (Å²) in [5.41, 5.74) is 1.10. The molecule has 1 aromatic heterocycles. The average Bonchev–Trinajstić information content (AvgIpc) is 3.15. The highest BCUT2D eigenvalue weighted by atomic mass is 32.2. The first-order valence-corrected chi connectivity index (χ1v) is 13.4. The number of nitrogens with one attached hydrogen (secondary N) is 3. The molecule has 3 aromatic rings. The Labute approximate surface area is 209 Å². The number of para-hydroxylation sites is 1. The number of hydrogen-bond acceptors (Lipinski definition) is 7. The van der Waals surface area contributed by atoms with Crippen LogP contribution in [0.2, 0.25) is 0 Å². The van der Waals surface area contributed by atoms with Crippen LogP contribution in [0.1, 0.15) is 37.4 Å². The van der Waals surface area contributed by atoms with Gasteiger partial charge in [-0.3, -0.25) is 20.4 Å². The Bertz CT molecular complexity index is 1450. The fourth-order valence-corrected chi connectivity index (χ4v) is 7.50. The van der Waals surface area contributed by atoms with Crippen molar-refractivity contribution in [2.45, 2.75) is 55.0 Å². The monoisotopic (exact) mass is 508 g/mol. The fourth-order valence-electron chi connectivity index (χ4n) is 5.22. The summed E-state index contributed by atoms with van der Waals surface area (Å²) in [5, 5.41) is 8.84. The number of imide groups is 1. The third-order valence-corrected chi connectivity index (χ3v) is 9.70. The van der Waals surface area contributed by atoms with Crippen LogP contribution in [0, 0.1) is 6.92 Å². The van der Waals surface area contributed by atoms with E-state index in [-0.39, 0.29) is 11.3 Å². The number of benzene rings is 2. The summed E-state index contributed by atoms with van der Waals surface area (Å²) in [6.07, 6.45) is 1.57. The van der Waals surface area contributed by atoms with Crippen molar-refractivity contribution in [1.82, 2.24) is 20.9 Å². The van der Waals surface area contributed by atoms with Gasteiger partial charge in [0.05, 0.1) is 10.4 Å². The van der Waals surface area contributed by atoms with E-state index in [1.165, 1.54) is 19.1 Å². The number of rotatable bonds is 6. The van der Waals surface area contributed by atoms with Crippen LogP contribution in [0.4, 0.5) is 4.79 Å². The van der Waals surface area contributed by atoms with Crippen LogP contribution in [-0.2, 0) is 21.2 Å². The van der Waals surface area contributed by atoms with E-state index in [2.05, 4.69) is 20.9 Å². The molecule has 10 heteroatoms. The summed E-state index contributed by atoms with van der Waals surface area (Å²) >= 11 is 0. The molecule has 0 aliphatic carbocycles. The van der Waals surface area contributed by atoms with Crippen molar-refractivity contribution in [3.8, 4) is 5.75 Å². The van der Waals surface area contributed by atoms with Crippen LogP contribution in [0.25, 0.3) is 10.9 Å². The molecule has 36 heavy (non-hydrogen) atoms. The number of ether oxygens (including phenoxy) is 1. The third-order valence-electron chi connectivity index (χ3n) is 7.14. The molecule has 0 saturated carbocycles. The van der Waals surface area contributed by atoms with Gasteiger partial charge in [0.2, 0.25) is 0 Å². The SMILES string of the molecule is Cc1cc(COc2ccc(S(=O)(=O)[C@@]3([C@]4(C)NC(=O)NC4=O)CCCCN3)cc2)c2ccccc2n1. The Morgan fingerprint density at radius 2 is 1.81 bits per heavy atom. The number of aryl methyl sites for hydroxylation is 1. The van der Waals surface area contributed by atoms with Crippen molar-refractivity contribution in [2.75, 3.05) is 6.54 Å². The molecule has 2 fully saturated rings. The second-order valence-corrected chi connectivity index (χ2v) is 11.6. The van der Waals surface area contributed by atoms with Gasteiger partial charge in [-0.2, -0.15) is 0 Å². The summed E-state index contributed by atoms with van der Waals surface area (Å²) in [4.78, 5) is 27.6. The number of piperidine rings is 1. The van der Waals surface area contributed by atoms with Gasteiger partial charge in [0.25, 0.3) is 5.91 Å². The van der Waals surface area contributed by atoms with E-state index in [1.807, 2.05) is 37.3 Å². The number of carbonyl (C=O) groups excluding carboxylic acids is 2. The molecule has 0 spiro atoms. The summed E-state index contributed by atoms with van der Waals surface area (Å²) in [7, 11) is -4.09. The molecule has 5 rings (SSSR count). The second kappa shape index (κ2) is 8.86. The Hall–Kier alpha value is -3.50. The van der Waals surface area contributed by atoms with E-state index in [9.17, 15) is 18.0 Å². The quantitative estimate of drug-likeness (QED) is 0.437. The lowest BCUT2D eigenvalue weighted by molar-refractivity contribution is -0.125. The molecule has 0 bridgehead atoms. The predicted octanol–water partition coefficient (Wildman–Crippen LogP) is 2.96. The first kappa shape index (κ1) is 24.2. The van der Waals surface area contributed by atoms with Gasteiger partial charge in [-0.25, -0.2) is 13.2 Å². The van der Waals surface area contributed by atoms with Gasteiger partial charge >= 0.3 is 6.03 Å². The molecule has 2 aliphatic heterocycles. The van der Waals surface area contributed by atoms with E-state index in [0.717, 1.165) is 28.6 Å². The van der Waals surface area contributed by atoms with Gasteiger partial charge in [-0.15, -0.1) is 0 Å². The Morgan fingerprint density at radius 1 is 1.06 bits per heavy atom. The topological polar surface area (TPSA) is 126 Å². The van der Waals surface area contributed by atoms with Gasteiger partial charge in [0.15, 0.2) is 20.2 Å². The maximum Gasteiger partial charge on any atom is 0.322 e. The zero-order valence-corrected chi connectivity index (χ0v) is 20.9. The zero-order chi connectivity index (χ0) is 25.6. The summed E-state index contributed by atoms with van der Waals surface area (Å²) < 4.78 is 34.0. The Morgan fingerprint density at radius 3 is 2.47 bits per heavy atom. The minimum absolute atomic E-state index is 0.0460. The number of amides is 3. The Kier molecular flexibility index (Phi) is 5.96. The van der Waals surface area contributed by atoms with Crippen molar-refractivity contribution in [1.29, 1.82) is 0 Å². The lowest BCUT2D eigenvalue weighted by Crippen LogP contribution is -2.73. The highest BCUT2D eigenvalue weighted by molar-refractivity contribution is 7.93. The van der Waals surface area contributed by atoms with Crippen LogP contribution >= 0.6 is 0 Å². The molecule has 2 aromatic carbocycles. The zero-order valence-electron chi connectivity index (χ0n) is 20.1. The lowest BCUT2D eigenvalue weighted by Gasteiger charge is -2.46. The second-order valence-electron chi connectivity index (χ2n) is 9.45. The fraction of sp³-hybridized carbons (Fsp3) is 0.346. The van der Waals surface area contributed by atoms with Crippen LogP contribution in [0.5, 0.6) is 5.75 Å². The minimum Gasteiger partial charge on any atom is -0.489 e. The highest BCUT2D eigenvalue weighted by Crippen LogP contribution is 2.41. The van der Waals surface area contributed by atoms with Gasteiger partial charge in [0, 0.05) is 16.6 Å². The number of aromatic nitrogens is 1. The van der Waals surface area contributed by atoms with Crippen LogP contribution in [0.3, 0.4) is 0 Å². The molecule has 3 N–H and O–H groups in total. The van der Waals surface area contributed by atoms with Crippen LogP contribution in [0.15, 0.2) is 59.5 Å². The summed E-state index contributed by atoms with van der Waals surface area (Å²) in [6, 6.07) is 15.3. The summed E-state index contributed by atoms with van der Waals surface area (Å²) in [5.74, 6) is -0.151. The molecular formula is C26H28N4O5S. The molecule has 2 aliphatic rings. The molecule has 0 unspecified atom stereocenters. The average molecular weight is 509 g/mol. The molecule has 2 atom stereocenters. The Balaban J connectivity index is 1.42. The van der Waals surface area contributed by atoms with Gasteiger partial charge < -0.3 is 10.1 Å². The van der Waals surface area contributed by atoms with Gasteiger partial charge in [-0.05, 0) is 76.1 Å². The van der Waals surface area contributed by atoms with Crippen molar-refractivity contribution in [2.24, 2.45) is 0 Å². The van der Waals surface area contributed by atoms with E-state index in [4.69, 9.17) is 4.74 Å². The van der Waals surface area contributed by atoms with Crippen molar-refractivity contribution in [3.63, 3.8) is 0 Å². The maximum absolute atomic E-state index is 14.0. The number of hydrogen-bond donors (Lipinski definition) is 3. The highest BCUT2D eigenvalue weighted by Gasteiger charge is 2.65. The number of sulfone groups is 1. The van der Waals surface area contributed by atoms with E-state index in [0.29, 0.717) is 25.3 Å². The van der Waals surface area contributed by atoms with E-state index < -0.39 is 32.2 Å². The number of carbonyl (C=O) groups is 2. The predicted molar refractivity (Wildman–Crippen MR) is 134 cm³/mol. The normalized spacial score (nSPS) is 24.4. The smallest absolute Gasteiger partial charge is 0.322 e. The first-order chi connectivity index (χ1) is 17.2. The number of pyridine rings is 1. The number of nitrogens with zero attached hydrogens (tertiary/aromatic N) is 1. The molecule has 2 saturated heterocycles. The number of urea groups is 1. The van der Waals surface area contributed by atoms with Crippen molar-refractivity contribution in [3.05, 3.63) is 65.9 Å². The van der Waals surface area contributed by atoms with Gasteiger partial charge in [0.1, 0.15) is 12.4 Å². The number of fused-ring (bicyclic) bond motifs is 1. The molecule has 3 amide bonds. The minimum atomic E-state index is -4.09. The van der Waals surface area contributed by atoms with E-state index in [1.54, 1.807) is 12.1 Å². The molecule has 3 heterocycles. The van der Waals surface area contributed by atoms with Crippen molar-refractivity contribution >= 4 is 32.7 Å². The standard InChI is InChI=1S/C26H28N4O5S/c1-17-15-18(21-7-3-4-8-22(21)28-17)16-35-19-9-11-20(12-10-19)36(33,34)26(13-5-6-14-27-26)25(2)23(31)29-24(32)30-25/h3-4,7-12,15,27H,5-6,13-14,16H2,1-2H3,(H2,29,30,31,32)/t25-,26-/m1/s1.